The highest BCUT2D eigenvalue weighted by Crippen LogP contribution is 2.33. The SMILES string of the molecule is CCCCCCCCCCCC[C@H](OC(=O)[C@@H](N)CC(C)C)[C@H]1OC(=O)[C@H]1CCCCCC. The van der Waals surface area contributed by atoms with Gasteiger partial charge in [-0.1, -0.05) is 111 Å². The van der Waals surface area contributed by atoms with Crippen LogP contribution in [0.25, 0.3) is 0 Å². The first kappa shape index (κ1) is 29.9. The van der Waals surface area contributed by atoms with Gasteiger partial charge in [0.1, 0.15) is 12.1 Å². The Morgan fingerprint density at radius 1 is 0.879 bits per heavy atom. The molecule has 0 amide bonds. The average Bonchev–Trinajstić information content (AvgIpc) is 2.77. The first-order valence-corrected chi connectivity index (χ1v) is 14.1. The van der Waals surface area contributed by atoms with E-state index in [1.54, 1.807) is 0 Å². The molecule has 1 aliphatic heterocycles. The summed E-state index contributed by atoms with van der Waals surface area (Å²) in [5.74, 6) is -0.287. The monoisotopic (exact) mass is 467 g/mol. The molecule has 5 nitrogen and oxygen atoms in total. The summed E-state index contributed by atoms with van der Waals surface area (Å²) in [5.41, 5.74) is 6.07. The maximum absolute atomic E-state index is 12.6. The lowest BCUT2D eigenvalue weighted by molar-refractivity contribution is -0.207. The van der Waals surface area contributed by atoms with E-state index in [1.165, 1.54) is 64.2 Å². The zero-order valence-electron chi connectivity index (χ0n) is 22.1. The van der Waals surface area contributed by atoms with Gasteiger partial charge in [0.2, 0.25) is 0 Å². The van der Waals surface area contributed by atoms with E-state index in [9.17, 15) is 9.59 Å². The summed E-state index contributed by atoms with van der Waals surface area (Å²) in [6.07, 6.45) is 18.7. The Morgan fingerprint density at radius 2 is 1.39 bits per heavy atom. The molecule has 0 aromatic rings. The number of carbonyl (C=O) groups is 2. The summed E-state index contributed by atoms with van der Waals surface area (Å²) in [5, 5.41) is 0. The molecule has 0 radical (unpaired) electrons. The summed E-state index contributed by atoms with van der Waals surface area (Å²) >= 11 is 0. The van der Waals surface area contributed by atoms with E-state index in [4.69, 9.17) is 15.2 Å². The fraction of sp³-hybridized carbons (Fsp3) is 0.929. The summed E-state index contributed by atoms with van der Waals surface area (Å²) in [7, 11) is 0. The highest BCUT2D eigenvalue weighted by atomic mass is 16.6. The second-order valence-corrected chi connectivity index (χ2v) is 10.5. The molecule has 0 unspecified atom stereocenters. The zero-order valence-corrected chi connectivity index (χ0v) is 22.1. The minimum atomic E-state index is -0.612. The van der Waals surface area contributed by atoms with Crippen LogP contribution in [0.3, 0.4) is 0 Å². The Balaban J connectivity index is 2.48. The molecule has 0 saturated carbocycles. The Kier molecular flexibility index (Phi) is 16.6. The van der Waals surface area contributed by atoms with Crippen LogP contribution in [0, 0.1) is 11.8 Å². The van der Waals surface area contributed by atoms with E-state index >= 15 is 0 Å². The predicted molar refractivity (Wildman–Crippen MR) is 136 cm³/mol. The third kappa shape index (κ3) is 12.8. The molecule has 0 aromatic heterocycles. The molecule has 5 heteroatoms. The fourth-order valence-corrected chi connectivity index (χ4v) is 4.74. The Morgan fingerprint density at radius 3 is 1.91 bits per heavy atom. The largest absolute Gasteiger partial charge is 0.457 e. The van der Waals surface area contributed by atoms with E-state index in [2.05, 4.69) is 27.7 Å². The van der Waals surface area contributed by atoms with E-state index < -0.39 is 6.04 Å². The molecule has 1 saturated heterocycles. The lowest BCUT2D eigenvalue weighted by Gasteiger charge is -2.40. The van der Waals surface area contributed by atoms with Crippen LogP contribution in [-0.4, -0.2) is 30.2 Å². The van der Waals surface area contributed by atoms with Crippen LogP contribution in [0.15, 0.2) is 0 Å². The summed E-state index contributed by atoms with van der Waals surface area (Å²) in [6, 6.07) is -0.612. The van der Waals surface area contributed by atoms with E-state index in [0.29, 0.717) is 12.3 Å². The van der Waals surface area contributed by atoms with Crippen molar-refractivity contribution in [2.75, 3.05) is 0 Å². The van der Waals surface area contributed by atoms with Gasteiger partial charge < -0.3 is 15.2 Å². The number of cyclic esters (lactones) is 1. The molecule has 1 aliphatic rings. The van der Waals surface area contributed by atoms with Crippen molar-refractivity contribution >= 4 is 11.9 Å². The highest BCUT2D eigenvalue weighted by molar-refractivity contribution is 5.79. The van der Waals surface area contributed by atoms with Crippen LogP contribution < -0.4 is 5.73 Å². The van der Waals surface area contributed by atoms with Crippen LogP contribution in [0.4, 0.5) is 0 Å². The zero-order chi connectivity index (χ0) is 24.5. The third-order valence-electron chi connectivity index (χ3n) is 6.82. The summed E-state index contributed by atoms with van der Waals surface area (Å²) < 4.78 is 11.4. The van der Waals surface area contributed by atoms with Gasteiger partial charge >= 0.3 is 11.9 Å². The van der Waals surface area contributed by atoms with Crippen molar-refractivity contribution in [3.05, 3.63) is 0 Å². The summed E-state index contributed by atoms with van der Waals surface area (Å²) in [4.78, 5) is 24.7. The fourth-order valence-electron chi connectivity index (χ4n) is 4.74. The Labute approximate surface area is 203 Å². The molecule has 33 heavy (non-hydrogen) atoms. The van der Waals surface area contributed by atoms with Crippen molar-refractivity contribution in [3.8, 4) is 0 Å². The maximum atomic E-state index is 12.6. The minimum absolute atomic E-state index is 0.132. The van der Waals surface area contributed by atoms with Crippen molar-refractivity contribution in [2.45, 2.75) is 155 Å². The van der Waals surface area contributed by atoms with Crippen molar-refractivity contribution in [3.63, 3.8) is 0 Å². The molecule has 4 atom stereocenters. The topological polar surface area (TPSA) is 78.6 Å². The molecule has 2 N–H and O–H groups in total. The Hall–Kier alpha value is -1.10. The number of unbranched alkanes of at least 4 members (excludes halogenated alkanes) is 12. The summed E-state index contributed by atoms with van der Waals surface area (Å²) in [6.45, 7) is 8.54. The van der Waals surface area contributed by atoms with E-state index in [-0.39, 0.29) is 30.1 Å². The molecule has 1 fully saturated rings. The quantitative estimate of drug-likeness (QED) is 0.144. The van der Waals surface area contributed by atoms with Gasteiger partial charge in [0, 0.05) is 0 Å². The van der Waals surface area contributed by atoms with Gasteiger partial charge in [-0.25, -0.2) is 0 Å². The number of carbonyl (C=O) groups excluding carboxylic acids is 2. The van der Waals surface area contributed by atoms with Crippen molar-refractivity contribution in [1.82, 2.24) is 0 Å². The second-order valence-electron chi connectivity index (χ2n) is 10.5. The van der Waals surface area contributed by atoms with Gasteiger partial charge in [-0.2, -0.15) is 0 Å². The Bertz CT molecular complexity index is 522. The minimum Gasteiger partial charge on any atom is -0.457 e. The normalized spacial score (nSPS) is 19.8. The van der Waals surface area contributed by atoms with Crippen LogP contribution in [0.5, 0.6) is 0 Å². The second kappa shape index (κ2) is 18.3. The predicted octanol–water partition coefficient (Wildman–Crippen LogP) is 7.09. The maximum Gasteiger partial charge on any atom is 0.323 e. The molecule has 194 valence electrons. The van der Waals surface area contributed by atoms with E-state index in [0.717, 1.165) is 38.5 Å². The number of ether oxygens (including phenoxy) is 2. The lowest BCUT2D eigenvalue weighted by Crippen LogP contribution is -2.54. The first-order valence-electron chi connectivity index (χ1n) is 14.1. The molecular weight excluding hydrogens is 414 g/mol. The van der Waals surface area contributed by atoms with Crippen LogP contribution in [0.1, 0.15) is 137 Å². The van der Waals surface area contributed by atoms with E-state index in [1.807, 2.05) is 0 Å². The number of rotatable bonds is 21. The smallest absolute Gasteiger partial charge is 0.323 e. The highest BCUT2D eigenvalue weighted by Gasteiger charge is 2.48. The van der Waals surface area contributed by atoms with Gasteiger partial charge in [0.25, 0.3) is 0 Å². The van der Waals surface area contributed by atoms with Crippen molar-refractivity contribution in [2.24, 2.45) is 17.6 Å². The molecule has 1 heterocycles. The van der Waals surface area contributed by atoms with Crippen molar-refractivity contribution < 1.29 is 19.1 Å². The van der Waals surface area contributed by atoms with Gasteiger partial charge in [-0.3, -0.25) is 9.59 Å². The molecule has 0 aromatic carbocycles. The average molecular weight is 468 g/mol. The number of nitrogens with two attached hydrogens (primary N) is 1. The first-order chi connectivity index (χ1) is 15.9. The van der Waals surface area contributed by atoms with Gasteiger partial charge in [0.05, 0.1) is 5.92 Å². The van der Waals surface area contributed by atoms with Gasteiger partial charge in [-0.15, -0.1) is 0 Å². The molecule has 0 spiro atoms. The number of hydrogen-bond donors (Lipinski definition) is 1. The number of esters is 2. The van der Waals surface area contributed by atoms with Gasteiger partial charge in [0.15, 0.2) is 6.10 Å². The third-order valence-corrected chi connectivity index (χ3v) is 6.82. The standard InChI is InChI=1S/C28H53NO4/c1-5-7-9-11-12-13-14-15-16-18-20-25(32-28(31)24(29)21-22(3)4)26-23(27(30)33-26)19-17-10-8-6-2/h22-26H,5-21,29H2,1-4H3/t23-,24-,25-,26-/m0/s1. The van der Waals surface area contributed by atoms with Crippen LogP contribution in [-0.2, 0) is 19.1 Å². The lowest BCUT2D eigenvalue weighted by atomic mass is 9.85. The van der Waals surface area contributed by atoms with Crippen LogP contribution >= 0.6 is 0 Å². The van der Waals surface area contributed by atoms with Crippen molar-refractivity contribution in [1.29, 1.82) is 0 Å². The molecular formula is C28H53NO4. The van der Waals surface area contributed by atoms with Gasteiger partial charge in [-0.05, 0) is 31.6 Å². The molecule has 0 aliphatic carbocycles. The molecule has 1 rings (SSSR count). The molecule has 0 bridgehead atoms. The number of hydrogen-bond acceptors (Lipinski definition) is 5. The van der Waals surface area contributed by atoms with Crippen LogP contribution in [0.2, 0.25) is 0 Å².